The number of hydrogen-bond acceptors (Lipinski definition) is 4. The Labute approximate surface area is 174 Å². The van der Waals surface area contributed by atoms with Crippen LogP contribution in [0.15, 0.2) is 48.5 Å². The molecule has 0 aliphatic carbocycles. The fourth-order valence-electron chi connectivity index (χ4n) is 4.36. The van der Waals surface area contributed by atoms with E-state index in [1.807, 2.05) is 36.4 Å². The van der Waals surface area contributed by atoms with Crippen LogP contribution in [0.4, 0.5) is 4.39 Å². The minimum atomic E-state index is -0.826. The van der Waals surface area contributed by atoms with Crippen LogP contribution in [0, 0.1) is 5.82 Å². The van der Waals surface area contributed by atoms with E-state index in [2.05, 4.69) is 15.1 Å². The average molecular weight is 416 g/mol. The maximum Gasteiger partial charge on any atom is 0.251 e. The lowest BCUT2D eigenvalue weighted by Gasteiger charge is -2.48. The molecule has 0 spiro atoms. The van der Waals surface area contributed by atoms with Gasteiger partial charge in [0.15, 0.2) is 0 Å². The lowest BCUT2D eigenvalue weighted by atomic mass is 9.80. The van der Waals surface area contributed by atoms with Crippen LogP contribution in [0.3, 0.4) is 0 Å². The van der Waals surface area contributed by atoms with Crippen molar-refractivity contribution >= 4 is 23.4 Å². The molecule has 2 aromatic carbocycles. The minimum Gasteiger partial charge on any atom is -0.297 e. The molecule has 2 fully saturated rings. The van der Waals surface area contributed by atoms with Crippen molar-refractivity contribution in [2.45, 2.75) is 24.9 Å². The molecule has 29 heavy (non-hydrogen) atoms. The predicted octanol–water partition coefficient (Wildman–Crippen LogP) is 2.93. The summed E-state index contributed by atoms with van der Waals surface area (Å²) >= 11 is 5.77. The van der Waals surface area contributed by atoms with Crippen LogP contribution in [0.2, 0.25) is 5.02 Å². The number of nitrogens with one attached hydrogen (secondary N) is 1. The standard InChI is InChI=1S/C22H23ClFN3O2/c23-18-7-6-16(14-19(18)24)15-26-10-12-27(13-11-26)22(17-4-2-1-3-5-17)9-8-20(28)25-21(22)29/h1-7,14H,8-13,15H2,(H,25,28,29). The highest BCUT2D eigenvalue weighted by Crippen LogP contribution is 2.37. The molecule has 1 N–H and O–H groups in total. The quantitative estimate of drug-likeness (QED) is 0.780. The minimum absolute atomic E-state index is 0.126. The average Bonchev–Trinajstić information content (AvgIpc) is 2.73. The monoisotopic (exact) mass is 415 g/mol. The molecule has 2 saturated heterocycles. The Morgan fingerprint density at radius 2 is 1.76 bits per heavy atom. The second-order valence-electron chi connectivity index (χ2n) is 7.62. The molecule has 152 valence electrons. The predicted molar refractivity (Wildman–Crippen MR) is 109 cm³/mol. The molecule has 5 nitrogen and oxygen atoms in total. The van der Waals surface area contributed by atoms with Gasteiger partial charge in [0, 0.05) is 39.1 Å². The molecule has 4 rings (SSSR count). The molecule has 0 saturated carbocycles. The summed E-state index contributed by atoms with van der Waals surface area (Å²) in [6.07, 6.45) is 0.801. The molecule has 1 atom stereocenters. The fourth-order valence-corrected chi connectivity index (χ4v) is 4.48. The van der Waals surface area contributed by atoms with Gasteiger partial charge in [0.05, 0.1) is 5.02 Å². The largest absolute Gasteiger partial charge is 0.297 e. The van der Waals surface area contributed by atoms with E-state index in [0.29, 0.717) is 32.5 Å². The number of piperidine rings is 1. The summed E-state index contributed by atoms with van der Waals surface area (Å²) in [4.78, 5) is 29.2. The molecular formula is C22H23ClFN3O2. The van der Waals surface area contributed by atoms with Crippen LogP contribution < -0.4 is 5.32 Å². The van der Waals surface area contributed by atoms with Gasteiger partial charge in [-0.25, -0.2) is 4.39 Å². The second-order valence-corrected chi connectivity index (χ2v) is 8.02. The third kappa shape index (κ3) is 3.92. The summed E-state index contributed by atoms with van der Waals surface area (Å²) in [5.74, 6) is -0.868. The SMILES string of the molecule is O=C1CCC(c2ccccc2)(N2CCN(Cc3ccc(Cl)c(F)c3)CC2)C(=O)N1. The van der Waals surface area contributed by atoms with Crippen molar-refractivity contribution in [1.29, 1.82) is 0 Å². The Bertz CT molecular complexity index is 916. The highest BCUT2D eigenvalue weighted by molar-refractivity contribution is 6.30. The Hall–Kier alpha value is -2.28. The van der Waals surface area contributed by atoms with Crippen LogP contribution in [0.25, 0.3) is 0 Å². The normalized spacial score (nSPS) is 23.8. The third-order valence-corrected chi connectivity index (χ3v) is 6.20. The molecule has 0 radical (unpaired) electrons. The number of piperazine rings is 1. The van der Waals surface area contributed by atoms with Crippen LogP contribution in [-0.2, 0) is 21.7 Å². The van der Waals surface area contributed by atoms with Crippen molar-refractivity contribution in [1.82, 2.24) is 15.1 Å². The van der Waals surface area contributed by atoms with Gasteiger partial charge in [0.2, 0.25) is 5.91 Å². The van der Waals surface area contributed by atoms with E-state index >= 15 is 0 Å². The Morgan fingerprint density at radius 3 is 2.41 bits per heavy atom. The Balaban J connectivity index is 1.50. The Kier molecular flexibility index (Phi) is 5.67. The number of carbonyl (C=O) groups is 2. The summed E-state index contributed by atoms with van der Waals surface area (Å²) < 4.78 is 13.7. The van der Waals surface area contributed by atoms with E-state index < -0.39 is 11.4 Å². The summed E-state index contributed by atoms with van der Waals surface area (Å²) in [6, 6.07) is 14.6. The first-order valence-corrected chi connectivity index (χ1v) is 10.2. The van der Waals surface area contributed by atoms with E-state index in [-0.39, 0.29) is 16.8 Å². The van der Waals surface area contributed by atoms with Gasteiger partial charge >= 0.3 is 0 Å². The van der Waals surface area contributed by atoms with Gasteiger partial charge in [-0.15, -0.1) is 0 Å². The topological polar surface area (TPSA) is 52.7 Å². The van der Waals surface area contributed by atoms with E-state index in [9.17, 15) is 14.0 Å². The lowest BCUT2D eigenvalue weighted by molar-refractivity contribution is -0.146. The maximum absolute atomic E-state index is 13.7. The first kappa shape index (κ1) is 20.0. The van der Waals surface area contributed by atoms with Crippen molar-refractivity contribution in [2.24, 2.45) is 0 Å². The van der Waals surface area contributed by atoms with Gasteiger partial charge < -0.3 is 0 Å². The molecule has 2 aromatic rings. The molecule has 0 aromatic heterocycles. The maximum atomic E-state index is 13.7. The van der Waals surface area contributed by atoms with Crippen LogP contribution >= 0.6 is 11.6 Å². The van der Waals surface area contributed by atoms with Crippen molar-refractivity contribution in [3.8, 4) is 0 Å². The van der Waals surface area contributed by atoms with E-state index in [0.717, 1.165) is 24.2 Å². The van der Waals surface area contributed by atoms with Crippen molar-refractivity contribution in [3.63, 3.8) is 0 Å². The number of carbonyl (C=O) groups excluding carboxylic acids is 2. The fraction of sp³-hybridized carbons (Fsp3) is 0.364. The smallest absolute Gasteiger partial charge is 0.251 e. The van der Waals surface area contributed by atoms with Gasteiger partial charge in [-0.3, -0.25) is 24.7 Å². The molecule has 2 aliphatic heterocycles. The van der Waals surface area contributed by atoms with E-state index in [4.69, 9.17) is 11.6 Å². The molecule has 7 heteroatoms. The number of halogens is 2. The summed E-state index contributed by atoms with van der Waals surface area (Å²) in [7, 11) is 0. The van der Waals surface area contributed by atoms with Crippen LogP contribution in [0.1, 0.15) is 24.0 Å². The van der Waals surface area contributed by atoms with E-state index in [1.165, 1.54) is 6.07 Å². The highest BCUT2D eigenvalue weighted by Gasteiger charge is 2.49. The number of nitrogens with zero attached hydrogens (tertiary/aromatic N) is 2. The van der Waals surface area contributed by atoms with Gasteiger partial charge in [0.1, 0.15) is 11.4 Å². The Morgan fingerprint density at radius 1 is 1.03 bits per heavy atom. The zero-order valence-corrected chi connectivity index (χ0v) is 16.8. The molecular weight excluding hydrogens is 393 g/mol. The van der Waals surface area contributed by atoms with Crippen molar-refractivity contribution in [3.05, 3.63) is 70.5 Å². The molecule has 1 unspecified atom stereocenters. The van der Waals surface area contributed by atoms with Gasteiger partial charge in [0.25, 0.3) is 5.91 Å². The van der Waals surface area contributed by atoms with Crippen molar-refractivity contribution < 1.29 is 14.0 Å². The summed E-state index contributed by atoms with van der Waals surface area (Å²) in [5.41, 5.74) is 0.963. The highest BCUT2D eigenvalue weighted by atomic mass is 35.5. The van der Waals surface area contributed by atoms with Crippen molar-refractivity contribution in [2.75, 3.05) is 26.2 Å². The first-order chi connectivity index (χ1) is 14.0. The van der Waals surface area contributed by atoms with Gasteiger partial charge in [-0.2, -0.15) is 0 Å². The summed E-state index contributed by atoms with van der Waals surface area (Å²) in [6.45, 7) is 3.50. The molecule has 2 aliphatic rings. The zero-order valence-electron chi connectivity index (χ0n) is 16.0. The number of hydrogen-bond donors (Lipinski definition) is 1. The molecule has 2 heterocycles. The number of rotatable bonds is 4. The van der Waals surface area contributed by atoms with E-state index in [1.54, 1.807) is 6.07 Å². The lowest BCUT2D eigenvalue weighted by Crippen LogP contribution is -2.64. The number of imide groups is 1. The zero-order chi connectivity index (χ0) is 20.4. The first-order valence-electron chi connectivity index (χ1n) is 9.80. The molecule has 0 bridgehead atoms. The van der Waals surface area contributed by atoms with Gasteiger partial charge in [-0.1, -0.05) is 48.0 Å². The van der Waals surface area contributed by atoms with Gasteiger partial charge in [-0.05, 0) is 29.7 Å². The molecule has 2 amide bonds. The van der Waals surface area contributed by atoms with Crippen LogP contribution in [0.5, 0.6) is 0 Å². The summed E-state index contributed by atoms with van der Waals surface area (Å²) in [5, 5.41) is 2.67. The van der Waals surface area contributed by atoms with Crippen LogP contribution in [-0.4, -0.2) is 47.8 Å². The number of benzene rings is 2. The third-order valence-electron chi connectivity index (χ3n) is 5.90. The second kappa shape index (κ2) is 8.22. The number of amides is 2.